The molecule has 0 bridgehead atoms. The van der Waals surface area contributed by atoms with Crippen LogP contribution in [0, 0.1) is 0 Å². The van der Waals surface area contributed by atoms with Crippen LogP contribution in [0.1, 0.15) is 17.4 Å². The second-order valence-electron chi connectivity index (χ2n) is 3.58. The number of aryl methyl sites for hydroxylation is 1. The van der Waals surface area contributed by atoms with Gasteiger partial charge in [0.2, 0.25) is 0 Å². The van der Waals surface area contributed by atoms with Crippen molar-refractivity contribution < 1.29 is 4.79 Å². The molecule has 0 saturated carbocycles. The molecule has 3 N–H and O–H groups in total. The summed E-state index contributed by atoms with van der Waals surface area (Å²) in [4.78, 5) is 15.8. The maximum absolute atomic E-state index is 12.0. The van der Waals surface area contributed by atoms with Crippen LogP contribution in [0.15, 0.2) is 24.5 Å². The molecule has 2 aromatic heterocycles. The summed E-state index contributed by atoms with van der Waals surface area (Å²) in [6.45, 7) is 2.55. The molecule has 0 spiro atoms. The van der Waals surface area contributed by atoms with E-state index in [1.54, 1.807) is 23.0 Å². The van der Waals surface area contributed by atoms with Crippen molar-refractivity contribution in [2.75, 3.05) is 11.1 Å². The van der Waals surface area contributed by atoms with E-state index >= 15 is 0 Å². The first kappa shape index (κ1) is 12.4. The number of aromatic nitrogens is 3. The number of hydrogen-bond acceptors (Lipinski definition) is 4. The molecule has 1 amide bonds. The molecule has 0 fully saturated rings. The van der Waals surface area contributed by atoms with Gasteiger partial charge in [0.25, 0.3) is 5.91 Å². The van der Waals surface area contributed by atoms with Gasteiger partial charge in [-0.3, -0.25) is 9.48 Å². The van der Waals surface area contributed by atoms with Crippen molar-refractivity contribution in [1.29, 1.82) is 0 Å². The maximum atomic E-state index is 12.0. The molecule has 6 nitrogen and oxygen atoms in total. The van der Waals surface area contributed by atoms with Gasteiger partial charge in [-0.2, -0.15) is 5.10 Å². The molecule has 94 valence electrons. The third-order valence-electron chi connectivity index (χ3n) is 2.34. The van der Waals surface area contributed by atoms with Crippen molar-refractivity contribution in [1.82, 2.24) is 14.8 Å². The van der Waals surface area contributed by atoms with Gasteiger partial charge in [-0.05, 0) is 19.1 Å². The molecule has 0 unspecified atom stereocenters. The summed E-state index contributed by atoms with van der Waals surface area (Å²) in [5, 5.41) is 6.91. The van der Waals surface area contributed by atoms with Gasteiger partial charge in [-0.1, -0.05) is 11.6 Å². The third-order valence-corrected chi connectivity index (χ3v) is 2.64. The molecule has 0 saturated heterocycles. The highest BCUT2D eigenvalue weighted by molar-refractivity contribution is 6.32. The lowest BCUT2D eigenvalue weighted by atomic mass is 10.3. The molecule has 0 atom stereocenters. The monoisotopic (exact) mass is 265 g/mol. The van der Waals surface area contributed by atoms with Crippen molar-refractivity contribution in [3.8, 4) is 0 Å². The quantitative estimate of drug-likeness (QED) is 0.829. The molecule has 18 heavy (non-hydrogen) atoms. The molecule has 0 aliphatic rings. The number of anilines is 2. The van der Waals surface area contributed by atoms with Crippen molar-refractivity contribution in [3.05, 3.63) is 35.4 Å². The lowest BCUT2D eigenvalue weighted by Crippen LogP contribution is -2.15. The van der Waals surface area contributed by atoms with E-state index in [1.165, 1.54) is 6.20 Å². The Hall–Kier alpha value is -2.08. The molecule has 2 heterocycles. The zero-order valence-electron chi connectivity index (χ0n) is 9.72. The maximum Gasteiger partial charge on any atom is 0.278 e. The lowest BCUT2D eigenvalue weighted by molar-refractivity contribution is 0.102. The summed E-state index contributed by atoms with van der Waals surface area (Å²) >= 11 is 5.85. The van der Waals surface area contributed by atoms with Crippen LogP contribution in [0.5, 0.6) is 0 Å². The van der Waals surface area contributed by atoms with Crippen molar-refractivity contribution in [3.63, 3.8) is 0 Å². The van der Waals surface area contributed by atoms with Crippen LogP contribution in [-0.2, 0) is 6.54 Å². The van der Waals surface area contributed by atoms with E-state index in [4.69, 9.17) is 17.3 Å². The van der Waals surface area contributed by atoms with Crippen LogP contribution in [-0.4, -0.2) is 20.7 Å². The highest BCUT2D eigenvalue weighted by atomic mass is 35.5. The van der Waals surface area contributed by atoms with E-state index in [2.05, 4.69) is 15.4 Å². The summed E-state index contributed by atoms with van der Waals surface area (Å²) in [6, 6.07) is 3.33. The first-order chi connectivity index (χ1) is 8.61. The fourth-order valence-electron chi connectivity index (χ4n) is 1.44. The van der Waals surface area contributed by atoms with Gasteiger partial charge in [-0.25, -0.2) is 4.98 Å². The van der Waals surface area contributed by atoms with Gasteiger partial charge in [0.15, 0.2) is 10.8 Å². The minimum atomic E-state index is -0.408. The van der Waals surface area contributed by atoms with Gasteiger partial charge >= 0.3 is 0 Å². The van der Waals surface area contributed by atoms with Crippen molar-refractivity contribution in [2.24, 2.45) is 0 Å². The molecular weight excluding hydrogens is 254 g/mol. The molecule has 0 aliphatic carbocycles. The van der Waals surface area contributed by atoms with Gasteiger partial charge in [-0.15, -0.1) is 0 Å². The predicted octanol–water partition coefficient (Wildman–Crippen LogP) is 1.79. The zero-order chi connectivity index (χ0) is 13.1. The average Bonchev–Trinajstić information content (AvgIpc) is 2.73. The Bertz CT molecular complexity index is 581. The van der Waals surface area contributed by atoms with Crippen molar-refractivity contribution in [2.45, 2.75) is 13.5 Å². The smallest absolute Gasteiger partial charge is 0.278 e. The molecule has 2 rings (SSSR count). The summed E-state index contributed by atoms with van der Waals surface area (Å²) in [7, 11) is 0. The Kier molecular flexibility index (Phi) is 3.47. The van der Waals surface area contributed by atoms with Gasteiger partial charge in [0.05, 0.1) is 11.4 Å². The minimum Gasteiger partial charge on any atom is -0.396 e. The van der Waals surface area contributed by atoms with Crippen LogP contribution in [0.25, 0.3) is 0 Å². The number of nitrogens with one attached hydrogen (secondary N) is 1. The number of rotatable bonds is 3. The van der Waals surface area contributed by atoms with Gasteiger partial charge in [0.1, 0.15) is 0 Å². The van der Waals surface area contributed by atoms with Crippen LogP contribution < -0.4 is 11.1 Å². The Balaban J connectivity index is 2.22. The van der Waals surface area contributed by atoms with E-state index in [0.29, 0.717) is 17.9 Å². The van der Waals surface area contributed by atoms with E-state index in [9.17, 15) is 4.79 Å². The Morgan fingerprint density at radius 3 is 3.00 bits per heavy atom. The molecule has 7 heteroatoms. The third kappa shape index (κ3) is 2.43. The summed E-state index contributed by atoms with van der Waals surface area (Å²) < 4.78 is 1.59. The number of nitrogens with zero attached hydrogens (tertiary/aromatic N) is 3. The van der Waals surface area contributed by atoms with E-state index < -0.39 is 5.91 Å². The largest absolute Gasteiger partial charge is 0.396 e. The van der Waals surface area contributed by atoms with Gasteiger partial charge in [0, 0.05) is 18.9 Å². The minimum absolute atomic E-state index is 0.178. The zero-order valence-corrected chi connectivity index (χ0v) is 10.5. The first-order valence-electron chi connectivity index (χ1n) is 5.36. The van der Waals surface area contributed by atoms with Gasteiger partial charge < -0.3 is 11.1 Å². The average molecular weight is 266 g/mol. The lowest BCUT2D eigenvalue weighted by Gasteiger charge is -2.04. The SMILES string of the molecule is CCn1cc(N)c(C(=O)Nc2cccnc2Cl)n1. The topological polar surface area (TPSA) is 85.8 Å². The second-order valence-corrected chi connectivity index (χ2v) is 3.94. The highest BCUT2D eigenvalue weighted by Gasteiger charge is 2.15. The predicted molar refractivity (Wildman–Crippen MR) is 69.5 cm³/mol. The number of amides is 1. The van der Waals surface area contributed by atoms with Crippen LogP contribution in [0.4, 0.5) is 11.4 Å². The number of hydrogen-bond donors (Lipinski definition) is 2. The normalized spacial score (nSPS) is 10.3. The molecule has 0 radical (unpaired) electrons. The van der Waals surface area contributed by atoms with E-state index in [1.807, 2.05) is 6.92 Å². The summed E-state index contributed by atoms with van der Waals surface area (Å²) in [5.41, 5.74) is 6.65. The number of nitrogens with two attached hydrogens (primary N) is 1. The number of carbonyl (C=O) groups excluding carboxylic acids is 1. The van der Waals surface area contributed by atoms with E-state index in [0.717, 1.165) is 0 Å². The van der Waals surface area contributed by atoms with Crippen LogP contribution in [0.3, 0.4) is 0 Å². The Morgan fingerprint density at radius 1 is 1.61 bits per heavy atom. The number of pyridine rings is 1. The molecule has 0 aliphatic heterocycles. The molecular formula is C11H12ClN5O. The number of halogens is 1. The Labute approximate surface area is 109 Å². The molecule has 2 aromatic rings. The summed E-state index contributed by atoms with van der Waals surface area (Å²) in [6.07, 6.45) is 3.15. The highest BCUT2D eigenvalue weighted by Crippen LogP contribution is 2.19. The number of carbonyl (C=O) groups is 1. The number of nitrogen functional groups attached to an aromatic ring is 1. The van der Waals surface area contributed by atoms with Crippen molar-refractivity contribution >= 4 is 28.9 Å². The summed E-state index contributed by atoms with van der Waals surface area (Å²) in [5.74, 6) is -0.408. The fourth-order valence-corrected chi connectivity index (χ4v) is 1.60. The van der Waals surface area contributed by atoms with Crippen LogP contribution >= 0.6 is 11.6 Å². The fraction of sp³-hybridized carbons (Fsp3) is 0.182. The second kappa shape index (κ2) is 5.05. The molecule has 0 aromatic carbocycles. The first-order valence-corrected chi connectivity index (χ1v) is 5.74. The van der Waals surface area contributed by atoms with E-state index in [-0.39, 0.29) is 10.8 Å². The Morgan fingerprint density at radius 2 is 2.39 bits per heavy atom. The van der Waals surface area contributed by atoms with Crippen LogP contribution in [0.2, 0.25) is 5.15 Å². The standard InChI is InChI=1S/C11H12ClN5O/c1-2-17-6-7(13)9(16-17)11(18)15-8-4-3-5-14-10(8)12/h3-6H,2,13H2,1H3,(H,15,18).